The second-order valence-corrected chi connectivity index (χ2v) is 6.07. The van der Waals surface area contributed by atoms with Gasteiger partial charge in [-0.1, -0.05) is 6.07 Å². The third-order valence-corrected chi connectivity index (χ3v) is 4.80. The summed E-state index contributed by atoms with van der Waals surface area (Å²) in [6, 6.07) is 6.26. The Morgan fingerprint density at radius 1 is 1.50 bits per heavy atom. The average Bonchev–Trinajstić information content (AvgIpc) is 2.89. The van der Waals surface area contributed by atoms with E-state index in [1.165, 1.54) is 23.5 Å². The minimum atomic E-state index is -0.289. The summed E-state index contributed by atoms with van der Waals surface area (Å²) < 4.78 is 19.3. The SMILES string of the molecule is O=C(c1cc2ccc(F)cc2s1)N1CCOCC1CCl. The molecule has 1 aliphatic rings. The Balaban J connectivity index is 1.91. The number of alkyl halides is 1. The van der Waals surface area contributed by atoms with E-state index in [9.17, 15) is 9.18 Å². The van der Waals surface area contributed by atoms with Crippen LogP contribution in [0.15, 0.2) is 24.3 Å². The highest BCUT2D eigenvalue weighted by molar-refractivity contribution is 7.20. The second-order valence-electron chi connectivity index (χ2n) is 4.67. The van der Waals surface area contributed by atoms with E-state index in [1.807, 2.05) is 6.07 Å². The number of halogens is 2. The van der Waals surface area contributed by atoms with E-state index < -0.39 is 0 Å². The highest BCUT2D eigenvalue weighted by Gasteiger charge is 2.28. The van der Waals surface area contributed by atoms with Crippen molar-refractivity contribution in [1.29, 1.82) is 0 Å². The Labute approximate surface area is 124 Å². The lowest BCUT2D eigenvalue weighted by molar-refractivity contribution is 0.00484. The first-order chi connectivity index (χ1) is 9.69. The van der Waals surface area contributed by atoms with E-state index in [0.717, 1.165) is 10.1 Å². The highest BCUT2D eigenvalue weighted by atomic mass is 35.5. The van der Waals surface area contributed by atoms with Crippen molar-refractivity contribution >= 4 is 38.9 Å². The van der Waals surface area contributed by atoms with Crippen LogP contribution in [0.1, 0.15) is 9.67 Å². The van der Waals surface area contributed by atoms with Crippen LogP contribution in [0.25, 0.3) is 10.1 Å². The van der Waals surface area contributed by atoms with Crippen molar-refractivity contribution in [3.05, 3.63) is 35.0 Å². The molecule has 1 aromatic carbocycles. The fourth-order valence-electron chi connectivity index (χ4n) is 2.30. The molecule has 0 spiro atoms. The van der Waals surface area contributed by atoms with Gasteiger partial charge in [0, 0.05) is 17.1 Å². The standard InChI is InChI=1S/C14H13ClFNO2S/c15-7-11-8-19-4-3-17(11)14(18)13-5-9-1-2-10(16)6-12(9)20-13/h1-2,5-6,11H,3-4,7-8H2. The second kappa shape index (κ2) is 5.68. The molecule has 0 N–H and O–H groups in total. The van der Waals surface area contributed by atoms with Crippen LogP contribution in [0.5, 0.6) is 0 Å². The summed E-state index contributed by atoms with van der Waals surface area (Å²) in [4.78, 5) is 14.9. The quantitative estimate of drug-likeness (QED) is 0.797. The van der Waals surface area contributed by atoms with Crippen molar-refractivity contribution in [1.82, 2.24) is 4.90 Å². The molecule has 1 fully saturated rings. The maximum Gasteiger partial charge on any atom is 0.264 e. The van der Waals surface area contributed by atoms with Crippen molar-refractivity contribution in [2.24, 2.45) is 0 Å². The molecular weight excluding hydrogens is 301 g/mol. The van der Waals surface area contributed by atoms with Crippen LogP contribution in [0.3, 0.4) is 0 Å². The first-order valence-electron chi connectivity index (χ1n) is 6.33. The number of nitrogens with zero attached hydrogens (tertiary/aromatic N) is 1. The molecule has 1 aliphatic heterocycles. The molecule has 1 atom stereocenters. The Kier molecular flexibility index (Phi) is 3.92. The fraction of sp³-hybridized carbons (Fsp3) is 0.357. The molecule has 0 saturated carbocycles. The van der Waals surface area contributed by atoms with E-state index in [4.69, 9.17) is 16.3 Å². The van der Waals surface area contributed by atoms with Gasteiger partial charge in [-0.05, 0) is 23.6 Å². The first kappa shape index (κ1) is 13.8. The number of ether oxygens (including phenoxy) is 1. The molecule has 6 heteroatoms. The predicted molar refractivity (Wildman–Crippen MR) is 78.1 cm³/mol. The number of morpholine rings is 1. The number of rotatable bonds is 2. The van der Waals surface area contributed by atoms with Gasteiger partial charge < -0.3 is 9.64 Å². The van der Waals surface area contributed by atoms with Crippen LogP contribution >= 0.6 is 22.9 Å². The molecule has 0 radical (unpaired) electrons. The lowest BCUT2D eigenvalue weighted by atomic mass is 10.2. The lowest BCUT2D eigenvalue weighted by Gasteiger charge is -2.34. The van der Waals surface area contributed by atoms with Gasteiger partial charge in [-0.3, -0.25) is 4.79 Å². The van der Waals surface area contributed by atoms with Gasteiger partial charge in [-0.15, -0.1) is 22.9 Å². The average molecular weight is 314 g/mol. The number of hydrogen-bond acceptors (Lipinski definition) is 3. The van der Waals surface area contributed by atoms with Crippen LogP contribution in [0.2, 0.25) is 0 Å². The third-order valence-electron chi connectivity index (χ3n) is 3.36. The van der Waals surface area contributed by atoms with Gasteiger partial charge in [0.25, 0.3) is 5.91 Å². The molecule has 0 aliphatic carbocycles. The molecule has 1 amide bonds. The minimum Gasteiger partial charge on any atom is -0.377 e. The number of benzene rings is 1. The number of carbonyl (C=O) groups is 1. The summed E-state index contributed by atoms with van der Waals surface area (Å²) in [6.45, 7) is 1.53. The highest BCUT2D eigenvalue weighted by Crippen LogP contribution is 2.28. The molecule has 3 rings (SSSR count). The fourth-order valence-corrected chi connectivity index (χ4v) is 3.60. The van der Waals surface area contributed by atoms with Crippen LogP contribution in [0.4, 0.5) is 4.39 Å². The Hall–Kier alpha value is -1.17. The number of hydrogen-bond donors (Lipinski definition) is 0. The maximum atomic E-state index is 13.2. The van der Waals surface area contributed by atoms with Crippen LogP contribution in [-0.2, 0) is 4.74 Å². The summed E-state index contributed by atoms with van der Waals surface area (Å²) in [5.74, 6) is 0.00885. The van der Waals surface area contributed by atoms with Gasteiger partial charge in [0.15, 0.2) is 0 Å². The van der Waals surface area contributed by atoms with Gasteiger partial charge in [0.05, 0.1) is 24.1 Å². The topological polar surface area (TPSA) is 29.5 Å². The molecule has 2 heterocycles. The zero-order valence-corrected chi connectivity index (χ0v) is 12.2. The van der Waals surface area contributed by atoms with E-state index in [1.54, 1.807) is 11.0 Å². The molecule has 3 nitrogen and oxygen atoms in total. The van der Waals surface area contributed by atoms with Crippen molar-refractivity contribution < 1.29 is 13.9 Å². The van der Waals surface area contributed by atoms with Gasteiger partial charge >= 0.3 is 0 Å². The summed E-state index contributed by atoms with van der Waals surface area (Å²) in [7, 11) is 0. The Bertz CT molecular complexity index is 645. The van der Waals surface area contributed by atoms with Crippen molar-refractivity contribution in [3.8, 4) is 0 Å². The molecule has 1 saturated heterocycles. The molecule has 0 bridgehead atoms. The number of carbonyl (C=O) groups excluding carboxylic acids is 1. The van der Waals surface area contributed by atoms with Gasteiger partial charge in [-0.25, -0.2) is 4.39 Å². The minimum absolute atomic E-state index is 0.0550. The molecule has 1 aromatic heterocycles. The zero-order valence-electron chi connectivity index (χ0n) is 10.6. The molecule has 1 unspecified atom stereocenters. The van der Waals surface area contributed by atoms with E-state index in [-0.39, 0.29) is 17.8 Å². The van der Waals surface area contributed by atoms with Crippen molar-refractivity contribution in [2.75, 3.05) is 25.6 Å². The molecular formula is C14H13ClFNO2S. The molecule has 106 valence electrons. The van der Waals surface area contributed by atoms with Crippen LogP contribution in [0, 0.1) is 5.82 Å². The van der Waals surface area contributed by atoms with E-state index >= 15 is 0 Å². The number of thiophene rings is 1. The van der Waals surface area contributed by atoms with E-state index in [2.05, 4.69) is 0 Å². The third kappa shape index (κ3) is 2.53. The Morgan fingerprint density at radius 2 is 2.35 bits per heavy atom. The van der Waals surface area contributed by atoms with Gasteiger partial charge in [0.2, 0.25) is 0 Å². The van der Waals surface area contributed by atoms with Crippen LogP contribution < -0.4 is 0 Å². The number of fused-ring (bicyclic) bond motifs is 1. The van der Waals surface area contributed by atoms with Crippen molar-refractivity contribution in [2.45, 2.75) is 6.04 Å². The summed E-state index contributed by atoms with van der Waals surface area (Å²) in [6.07, 6.45) is 0. The normalized spacial score (nSPS) is 19.5. The monoisotopic (exact) mass is 313 g/mol. The van der Waals surface area contributed by atoms with E-state index in [0.29, 0.717) is 30.5 Å². The lowest BCUT2D eigenvalue weighted by Crippen LogP contribution is -2.49. The maximum absolute atomic E-state index is 13.2. The van der Waals surface area contributed by atoms with Gasteiger partial charge in [-0.2, -0.15) is 0 Å². The summed E-state index contributed by atoms with van der Waals surface area (Å²) >= 11 is 7.20. The van der Waals surface area contributed by atoms with Crippen molar-refractivity contribution in [3.63, 3.8) is 0 Å². The predicted octanol–water partition coefficient (Wildman–Crippen LogP) is 3.12. The van der Waals surface area contributed by atoms with Crippen LogP contribution in [-0.4, -0.2) is 42.5 Å². The largest absolute Gasteiger partial charge is 0.377 e. The first-order valence-corrected chi connectivity index (χ1v) is 7.68. The Morgan fingerprint density at radius 3 is 3.15 bits per heavy atom. The smallest absolute Gasteiger partial charge is 0.264 e. The van der Waals surface area contributed by atoms with Gasteiger partial charge in [0.1, 0.15) is 5.82 Å². The molecule has 2 aromatic rings. The number of amides is 1. The summed E-state index contributed by atoms with van der Waals surface area (Å²) in [5, 5.41) is 0.885. The summed E-state index contributed by atoms with van der Waals surface area (Å²) in [5.41, 5.74) is 0. The molecule has 20 heavy (non-hydrogen) atoms. The zero-order chi connectivity index (χ0) is 14.1.